The Morgan fingerprint density at radius 2 is 2.17 bits per heavy atom. The van der Waals surface area contributed by atoms with Gasteiger partial charge < -0.3 is 14.8 Å². The number of hydrogen-bond donors (Lipinski definition) is 1. The quantitative estimate of drug-likeness (QED) is 0.456. The Bertz CT molecular complexity index is 821. The Labute approximate surface area is 173 Å². The van der Waals surface area contributed by atoms with Gasteiger partial charge in [0.05, 0.1) is 6.20 Å². The second-order valence-corrected chi connectivity index (χ2v) is 8.40. The Kier molecular flexibility index (Phi) is 6.46. The van der Waals surface area contributed by atoms with Gasteiger partial charge in [0.15, 0.2) is 5.96 Å². The lowest BCUT2D eigenvalue weighted by molar-refractivity contribution is 0.459. The fourth-order valence-electron chi connectivity index (χ4n) is 4.61. The summed E-state index contributed by atoms with van der Waals surface area (Å²) < 4.78 is 4.24. The summed E-state index contributed by atoms with van der Waals surface area (Å²) in [6, 6.07) is 0. The first kappa shape index (κ1) is 19.9. The van der Waals surface area contributed by atoms with E-state index in [9.17, 15) is 0 Å². The first-order chi connectivity index (χ1) is 14.2. The molecule has 0 aromatic carbocycles. The van der Waals surface area contributed by atoms with Crippen LogP contribution in [0, 0.1) is 5.92 Å². The van der Waals surface area contributed by atoms with Gasteiger partial charge in [0.2, 0.25) is 0 Å². The molecule has 1 N–H and O–H groups in total. The maximum atomic E-state index is 4.51. The molecule has 1 saturated heterocycles. The first-order valence-electron chi connectivity index (χ1n) is 11.1. The zero-order valence-electron chi connectivity index (χ0n) is 17.8. The Morgan fingerprint density at radius 1 is 1.24 bits per heavy atom. The first-order valence-corrected chi connectivity index (χ1v) is 11.1. The minimum atomic E-state index is 0.671. The average molecular weight is 399 g/mol. The van der Waals surface area contributed by atoms with Gasteiger partial charge in [-0.15, -0.1) is 10.2 Å². The molecule has 1 fully saturated rings. The third-order valence-electron chi connectivity index (χ3n) is 6.13. The number of guanidine groups is 1. The van der Waals surface area contributed by atoms with Crippen LogP contribution in [0.25, 0.3) is 0 Å². The van der Waals surface area contributed by atoms with Crippen LogP contribution in [0.4, 0.5) is 0 Å². The van der Waals surface area contributed by atoms with E-state index in [1.807, 2.05) is 25.0 Å². The van der Waals surface area contributed by atoms with Crippen LogP contribution < -0.4 is 5.32 Å². The van der Waals surface area contributed by atoms with Crippen molar-refractivity contribution >= 4 is 5.96 Å². The van der Waals surface area contributed by atoms with Crippen LogP contribution in [0.1, 0.15) is 49.3 Å². The predicted octanol–water partition coefficient (Wildman–Crippen LogP) is 1.81. The van der Waals surface area contributed by atoms with E-state index in [0.717, 1.165) is 63.6 Å². The number of aromatic nitrogens is 5. The molecule has 158 valence electrons. The highest BCUT2D eigenvalue weighted by atomic mass is 15.3. The summed E-state index contributed by atoms with van der Waals surface area (Å²) in [4.78, 5) is 6.91. The molecular formula is C21H34N8. The Hall–Kier alpha value is -2.38. The molecule has 4 rings (SSSR count). The van der Waals surface area contributed by atoms with Crippen molar-refractivity contribution in [1.29, 1.82) is 0 Å². The SMILES string of the molecule is CN=C(NCCCc1nnc2n1CCCCC2)N1CCC(Cc2cnn(C)c2)C1. The molecule has 8 heteroatoms. The van der Waals surface area contributed by atoms with Crippen molar-refractivity contribution in [2.75, 3.05) is 26.7 Å². The fourth-order valence-corrected chi connectivity index (χ4v) is 4.61. The molecule has 0 amide bonds. The molecule has 2 aromatic heterocycles. The summed E-state index contributed by atoms with van der Waals surface area (Å²) in [5, 5.41) is 16.7. The molecule has 0 saturated carbocycles. The van der Waals surface area contributed by atoms with E-state index >= 15 is 0 Å². The molecule has 2 aliphatic rings. The second kappa shape index (κ2) is 9.41. The van der Waals surface area contributed by atoms with Crippen molar-refractivity contribution in [3.8, 4) is 0 Å². The summed E-state index contributed by atoms with van der Waals surface area (Å²) >= 11 is 0. The average Bonchev–Trinajstić information content (AvgIpc) is 3.40. The molecule has 2 aliphatic heterocycles. The van der Waals surface area contributed by atoms with E-state index in [2.05, 4.69) is 41.3 Å². The summed E-state index contributed by atoms with van der Waals surface area (Å²) in [6.07, 6.45) is 13.3. The summed E-state index contributed by atoms with van der Waals surface area (Å²) in [5.74, 6) is 4.03. The van der Waals surface area contributed by atoms with Crippen LogP contribution in [0.2, 0.25) is 0 Å². The maximum absolute atomic E-state index is 4.51. The number of hydrogen-bond acceptors (Lipinski definition) is 4. The lowest BCUT2D eigenvalue weighted by atomic mass is 10.0. The monoisotopic (exact) mass is 398 g/mol. The van der Waals surface area contributed by atoms with Crippen LogP contribution in [0.5, 0.6) is 0 Å². The lowest BCUT2D eigenvalue weighted by Crippen LogP contribution is -2.40. The van der Waals surface area contributed by atoms with Crippen molar-refractivity contribution in [2.45, 2.75) is 57.9 Å². The smallest absolute Gasteiger partial charge is 0.193 e. The number of fused-ring (bicyclic) bond motifs is 1. The molecule has 29 heavy (non-hydrogen) atoms. The highest BCUT2D eigenvalue weighted by Gasteiger charge is 2.25. The fraction of sp³-hybridized carbons (Fsp3) is 0.714. The highest BCUT2D eigenvalue weighted by molar-refractivity contribution is 5.80. The van der Waals surface area contributed by atoms with Gasteiger partial charge in [-0.05, 0) is 43.6 Å². The van der Waals surface area contributed by atoms with E-state index in [-0.39, 0.29) is 0 Å². The number of aryl methyl sites for hydroxylation is 3. The van der Waals surface area contributed by atoms with Gasteiger partial charge in [-0.3, -0.25) is 9.67 Å². The lowest BCUT2D eigenvalue weighted by Gasteiger charge is -2.21. The van der Waals surface area contributed by atoms with Crippen LogP contribution in [-0.2, 0) is 32.9 Å². The van der Waals surface area contributed by atoms with Crippen molar-refractivity contribution in [3.63, 3.8) is 0 Å². The molecule has 1 atom stereocenters. The van der Waals surface area contributed by atoms with Gasteiger partial charge in [-0.2, -0.15) is 5.10 Å². The van der Waals surface area contributed by atoms with Crippen molar-refractivity contribution < 1.29 is 0 Å². The van der Waals surface area contributed by atoms with Crippen LogP contribution in [-0.4, -0.2) is 62.1 Å². The van der Waals surface area contributed by atoms with E-state index < -0.39 is 0 Å². The van der Waals surface area contributed by atoms with Crippen LogP contribution in [0.15, 0.2) is 17.4 Å². The van der Waals surface area contributed by atoms with Crippen molar-refractivity contribution in [3.05, 3.63) is 29.6 Å². The van der Waals surface area contributed by atoms with E-state index in [4.69, 9.17) is 0 Å². The van der Waals surface area contributed by atoms with Crippen LogP contribution in [0.3, 0.4) is 0 Å². The Morgan fingerprint density at radius 3 is 3.00 bits per heavy atom. The normalized spacial score (nSPS) is 20.0. The second-order valence-electron chi connectivity index (χ2n) is 8.40. The Balaban J connectivity index is 1.22. The highest BCUT2D eigenvalue weighted by Crippen LogP contribution is 2.21. The number of nitrogens with zero attached hydrogens (tertiary/aromatic N) is 7. The largest absolute Gasteiger partial charge is 0.356 e. The zero-order chi connectivity index (χ0) is 20.1. The van der Waals surface area contributed by atoms with E-state index in [1.54, 1.807) is 0 Å². The summed E-state index contributed by atoms with van der Waals surface area (Å²) in [6.45, 7) is 4.13. The molecule has 8 nitrogen and oxygen atoms in total. The van der Waals surface area contributed by atoms with E-state index in [0.29, 0.717) is 5.92 Å². The standard InChI is InChI=1S/C21H34N8/c1-22-21(28-12-9-17(16-28)13-18-14-24-27(2)15-18)23-10-6-8-20-26-25-19-7-4-3-5-11-29(19)20/h14-15,17H,3-13,16H2,1-2H3,(H,22,23). The van der Waals surface area contributed by atoms with E-state index in [1.165, 1.54) is 37.1 Å². The third-order valence-corrected chi connectivity index (χ3v) is 6.13. The summed E-state index contributed by atoms with van der Waals surface area (Å²) in [7, 11) is 3.86. The van der Waals surface area contributed by atoms with Crippen molar-refractivity contribution in [1.82, 2.24) is 34.8 Å². The number of rotatable bonds is 6. The molecule has 0 bridgehead atoms. The van der Waals surface area contributed by atoms with Crippen molar-refractivity contribution in [2.24, 2.45) is 18.0 Å². The number of nitrogens with one attached hydrogen (secondary N) is 1. The molecule has 0 spiro atoms. The molecular weight excluding hydrogens is 364 g/mol. The van der Waals surface area contributed by atoms with Gasteiger partial charge in [-0.1, -0.05) is 6.42 Å². The molecule has 2 aromatic rings. The van der Waals surface area contributed by atoms with Crippen LogP contribution >= 0.6 is 0 Å². The van der Waals surface area contributed by atoms with Gasteiger partial charge in [0.25, 0.3) is 0 Å². The van der Waals surface area contributed by atoms with Gasteiger partial charge in [0, 0.05) is 59.3 Å². The minimum absolute atomic E-state index is 0.671. The zero-order valence-corrected chi connectivity index (χ0v) is 17.8. The van der Waals surface area contributed by atoms with Gasteiger partial charge >= 0.3 is 0 Å². The molecule has 0 aliphatic carbocycles. The molecule has 1 unspecified atom stereocenters. The molecule has 0 radical (unpaired) electrons. The minimum Gasteiger partial charge on any atom is -0.356 e. The van der Waals surface area contributed by atoms with Gasteiger partial charge in [-0.25, -0.2) is 0 Å². The molecule has 4 heterocycles. The predicted molar refractivity (Wildman–Crippen MR) is 114 cm³/mol. The number of likely N-dealkylation sites (tertiary alicyclic amines) is 1. The topological polar surface area (TPSA) is 76.2 Å². The number of aliphatic imine (C=N–C) groups is 1. The van der Waals surface area contributed by atoms with Gasteiger partial charge in [0.1, 0.15) is 11.6 Å². The third kappa shape index (κ3) is 4.97. The maximum Gasteiger partial charge on any atom is 0.193 e. The summed E-state index contributed by atoms with van der Waals surface area (Å²) in [5.41, 5.74) is 1.33.